The van der Waals surface area contributed by atoms with E-state index in [1.165, 1.54) is 25.1 Å². The number of carbonyl (C=O) groups is 2. The van der Waals surface area contributed by atoms with Crippen LogP contribution >= 0.6 is 11.3 Å². The third kappa shape index (κ3) is 3.79. The summed E-state index contributed by atoms with van der Waals surface area (Å²) in [6.45, 7) is 5.09. The number of hydrogen-bond donors (Lipinski definition) is 1. The van der Waals surface area contributed by atoms with E-state index in [0.717, 1.165) is 17.4 Å². The first-order valence-corrected chi connectivity index (χ1v) is 9.30. The first kappa shape index (κ1) is 19.7. The number of aromatic amines is 1. The Morgan fingerprint density at radius 2 is 2.07 bits per heavy atom. The van der Waals surface area contributed by atoms with Crippen LogP contribution < -0.4 is 5.56 Å². The SMILES string of the molecule is CCOC(=O)c1sc2nc([C@H](C)OC(=O)c3cccc(F)c3)[nH]c(=O)c2c1C. The molecule has 0 bridgehead atoms. The normalized spacial score (nSPS) is 12.0. The molecule has 3 rings (SSSR count). The molecule has 0 spiro atoms. The molecule has 0 amide bonds. The number of rotatable bonds is 5. The van der Waals surface area contributed by atoms with E-state index in [4.69, 9.17) is 9.47 Å². The van der Waals surface area contributed by atoms with Gasteiger partial charge < -0.3 is 14.5 Å². The van der Waals surface area contributed by atoms with Gasteiger partial charge in [-0.15, -0.1) is 11.3 Å². The third-order valence-corrected chi connectivity index (χ3v) is 5.17. The number of nitrogens with one attached hydrogen (secondary N) is 1. The molecule has 0 fully saturated rings. The number of carbonyl (C=O) groups excluding carboxylic acids is 2. The van der Waals surface area contributed by atoms with Gasteiger partial charge in [-0.05, 0) is 44.5 Å². The Bertz CT molecular complexity index is 1120. The molecule has 0 unspecified atom stereocenters. The predicted octanol–water partition coefficient (Wildman–Crippen LogP) is 3.53. The highest BCUT2D eigenvalue weighted by Crippen LogP contribution is 2.28. The minimum Gasteiger partial charge on any atom is -0.462 e. The van der Waals surface area contributed by atoms with Gasteiger partial charge in [-0.25, -0.2) is 19.0 Å². The molecule has 0 saturated heterocycles. The number of aromatic nitrogens is 2. The maximum absolute atomic E-state index is 13.3. The fourth-order valence-electron chi connectivity index (χ4n) is 2.64. The van der Waals surface area contributed by atoms with Crippen LogP contribution in [0.3, 0.4) is 0 Å². The van der Waals surface area contributed by atoms with Gasteiger partial charge in [-0.2, -0.15) is 0 Å². The van der Waals surface area contributed by atoms with Crippen LogP contribution in [0.15, 0.2) is 29.1 Å². The number of H-pyrrole nitrogens is 1. The average Bonchev–Trinajstić information content (AvgIpc) is 2.99. The molecular formula is C19H17FN2O5S. The van der Waals surface area contributed by atoms with Crippen molar-refractivity contribution < 1.29 is 23.5 Å². The zero-order chi connectivity index (χ0) is 20.4. The van der Waals surface area contributed by atoms with Crippen LogP contribution in [-0.2, 0) is 9.47 Å². The molecule has 7 nitrogen and oxygen atoms in total. The Balaban J connectivity index is 1.92. The van der Waals surface area contributed by atoms with E-state index >= 15 is 0 Å². The third-order valence-electron chi connectivity index (χ3n) is 4.01. The van der Waals surface area contributed by atoms with E-state index in [0.29, 0.717) is 20.7 Å². The smallest absolute Gasteiger partial charge is 0.348 e. The quantitative estimate of drug-likeness (QED) is 0.653. The van der Waals surface area contributed by atoms with Crippen molar-refractivity contribution in [2.45, 2.75) is 26.9 Å². The summed E-state index contributed by atoms with van der Waals surface area (Å²) in [7, 11) is 0. The van der Waals surface area contributed by atoms with Crippen molar-refractivity contribution in [2.24, 2.45) is 0 Å². The lowest BCUT2D eigenvalue weighted by atomic mass is 10.2. The molecule has 2 heterocycles. The fourth-order valence-corrected chi connectivity index (χ4v) is 3.73. The highest BCUT2D eigenvalue weighted by atomic mass is 32.1. The van der Waals surface area contributed by atoms with Gasteiger partial charge in [0, 0.05) is 0 Å². The van der Waals surface area contributed by atoms with E-state index in [2.05, 4.69) is 9.97 Å². The summed E-state index contributed by atoms with van der Waals surface area (Å²) in [5.74, 6) is -1.70. The zero-order valence-electron chi connectivity index (χ0n) is 15.4. The zero-order valence-corrected chi connectivity index (χ0v) is 16.2. The van der Waals surface area contributed by atoms with E-state index in [9.17, 15) is 18.8 Å². The minimum absolute atomic E-state index is 0.0480. The van der Waals surface area contributed by atoms with Crippen molar-refractivity contribution in [2.75, 3.05) is 6.61 Å². The fraction of sp³-hybridized carbons (Fsp3) is 0.263. The van der Waals surface area contributed by atoms with Crippen molar-refractivity contribution in [1.29, 1.82) is 0 Å². The number of ether oxygens (including phenoxy) is 2. The van der Waals surface area contributed by atoms with Crippen molar-refractivity contribution in [3.8, 4) is 0 Å². The number of thiophene rings is 1. The van der Waals surface area contributed by atoms with E-state index in [-0.39, 0.29) is 18.0 Å². The topological polar surface area (TPSA) is 98.3 Å². The molecule has 2 aromatic heterocycles. The maximum Gasteiger partial charge on any atom is 0.348 e. The summed E-state index contributed by atoms with van der Waals surface area (Å²) < 4.78 is 23.5. The van der Waals surface area contributed by atoms with Crippen LogP contribution in [0.1, 0.15) is 51.4 Å². The average molecular weight is 404 g/mol. The summed E-state index contributed by atoms with van der Waals surface area (Å²) in [4.78, 5) is 44.3. The Morgan fingerprint density at radius 3 is 2.75 bits per heavy atom. The van der Waals surface area contributed by atoms with Gasteiger partial charge in [0.1, 0.15) is 15.5 Å². The second-order valence-electron chi connectivity index (χ2n) is 5.97. The Morgan fingerprint density at radius 1 is 1.32 bits per heavy atom. The van der Waals surface area contributed by atoms with Gasteiger partial charge in [0.15, 0.2) is 11.9 Å². The first-order chi connectivity index (χ1) is 13.3. The van der Waals surface area contributed by atoms with Crippen LogP contribution in [-0.4, -0.2) is 28.5 Å². The Labute approximate surface area is 163 Å². The van der Waals surface area contributed by atoms with Gasteiger partial charge in [0.2, 0.25) is 0 Å². The van der Waals surface area contributed by atoms with E-state index < -0.39 is 29.4 Å². The highest BCUT2D eigenvalue weighted by Gasteiger charge is 2.22. The Hall–Kier alpha value is -3.07. The second-order valence-corrected chi connectivity index (χ2v) is 6.96. The molecular weight excluding hydrogens is 387 g/mol. The van der Waals surface area contributed by atoms with Crippen molar-refractivity contribution in [3.05, 3.63) is 62.3 Å². The van der Waals surface area contributed by atoms with Gasteiger partial charge in [0.25, 0.3) is 5.56 Å². The van der Waals surface area contributed by atoms with Crippen LogP contribution in [0, 0.1) is 12.7 Å². The monoisotopic (exact) mass is 404 g/mol. The number of esters is 2. The summed E-state index contributed by atoms with van der Waals surface area (Å²) in [5, 5.41) is 0.292. The lowest BCUT2D eigenvalue weighted by Gasteiger charge is -2.12. The minimum atomic E-state index is -0.888. The molecule has 9 heteroatoms. The Kier molecular flexibility index (Phi) is 5.55. The summed E-state index contributed by atoms with van der Waals surface area (Å²) in [6.07, 6.45) is -0.888. The maximum atomic E-state index is 13.3. The summed E-state index contributed by atoms with van der Waals surface area (Å²) >= 11 is 1.04. The molecule has 0 aliphatic carbocycles. The highest BCUT2D eigenvalue weighted by molar-refractivity contribution is 7.20. The molecule has 0 aliphatic rings. The largest absolute Gasteiger partial charge is 0.462 e. The number of nitrogens with zero attached hydrogens (tertiary/aromatic N) is 1. The molecule has 28 heavy (non-hydrogen) atoms. The van der Waals surface area contributed by atoms with Crippen LogP contribution in [0.5, 0.6) is 0 Å². The first-order valence-electron chi connectivity index (χ1n) is 8.48. The number of hydrogen-bond acceptors (Lipinski definition) is 7. The molecule has 1 atom stereocenters. The molecule has 1 N–H and O–H groups in total. The lowest BCUT2D eigenvalue weighted by molar-refractivity contribution is 0.0319. The number of aryl methyl sites for hydroxylation is 1. The van der Waals surface area contributed by atoms with E-state index in [1.54, 1.807) is 13.8 Å². The molecule has 1 aromatic carbocycles. The lowest BCUT2D eigenvalue weighted by Crippen LogP contribution is -2.17. The number of fused-ring (bicyclic) bond motifs is 1. The number of benzene rings is 1. The van der Waals surface area contributed by atoms with Crippen molar-refractivity contribution in [3.63, 3.8) is 0 Å². The summed E-state index contributed by atoms with van der Waals surface area (Å²) in [6, 6.07) is 5.09. The van der Waals surface area contributed by atoms with Crippen LogP contribution in [0.4, 0.5) is 4.39 Å². The predicted molar refractivity (Wildman–Crippen MR) is 101 cm³/mol. The molecule has 0 aliphatic heterocycles. The molecule has 0 saturated carbocycles. The van der Waals surface area contributed by atoms with Gasteiger partial charge in [-0.3, -0.25) is 4.79 Å². The second kappa shape index (κ2) is 7.89. The molecule has 146 valence electrons. The number of halogens is 1. The summed E-state index contributed by atoms with van der Waals surface area (Å²) in [5.41, 5.74) is 0.0907. The van der Waals surface area contributed by atoms with Crippen molar-refractivity contribution >= 4 is 33.5 Å². The van der Waals surface area contributed by atoms with Crippen LogP contribution in [0.2, 0.25) is 0 Å². The van der Waals surface area contributed by atoms with Gasteiger partial charge in [-0.1, -0.05) is 6.07 Å². The van der Waals surface area contributed by atoms with Gasteiger partial charge >= 0.3 is 11.9 Å². The van der Waals surface area contributed by atoms with Crippen LogP contribution in [0.25, 0.3) is 10.2 Å². The molecule has 3 aromatic rings. The van der Waals surface area contributed by atoms with Crippen molar-refractivity contribution in [1.82, 2.24) is 9.97 Å². The molecule has 0 radical (unpaired) electrons. The van der Waals surface area contributed by atoms with Gasteiger partial charge in [0.05, 0.1) is 17.6 Å². The standard InChI is InChI=1S/C19H17FN2O5S/c1-4-26-19(25)14-9(2)13-16(23)21-15(22-17(13)28-14)10(3)27-18(24)11-6-5-7-12(20)8-11/h5-8,10H,4H2,1-3H3,(H,21,22,23)/t10-/m0/s1. The van der Waals surface area contributed by atoms with E-state index in [1.807, 2.05) is 0 Å².